The van der Waals surface area contributed by atoms with E-state index in [1.807, 2.05) is 35.0 Å². The summed E-state index contributed by atoms with van der Waals surface area (Å²) in [5.41, 5.74) is 8.11. The van der Waals surface area contributed by atoms with Gasteiger partial charge in [-0.25, -0.2) is 0 Å². The molecule has 3 nitrogen and oxygen atoms in total. The number of benzene rings is 1. The monoisotopic (exact) mass is 232 g/mol. The minimum Gasteiger partial charge on any atom is -0.398 e. The van der Waals surface area contributed by atoms with Crippen LogP contribution in [0.15, 0.2) is 41.1 Å². The van der Waals surface area contributed by atoms with E-state index in [1.165, 1.54) is 0 Å². The molecule has 82 valence electrons. The van der Waals surface area contributed by atoms with Gasteiger partial charge in [0.15, 0.2) is 0 Å². The Kier molecular flexibility index (Phi) is 3.22. The molecule has 0 aliphatic heterocycles. The molecule has 1 amide bonds. The van der Waals surface area contributed by atoms with Crippen LogP contribution in [0.1, 0.15) is 5.56 Å². The van der Waals surface area contributed by atoms with Crippen LogP contribution in [0.2, 0.25) is 0 Å². The van der Waals surface area contributed by atoms with Crippen molar-refractivity contribution in [3.63, 3.8) is 0 Å². The number of rotatable bonds is 3. The first kappa shape index (κ1) is 10.7. The highest BCUT2D eigenvalue weighted by atomic mass is 32.1. The Hall–Kier alpha value is -1.81. The maximum absolute atomic E-state index is 11.7. The first-order chi connectivity index (χ1) is 7.75. The van der Waals surface area contributed by atoms with Gasteiger partial charge in [0.05, 0.1) is 12.1 Å². The number of carbonyl (C=O) groups excluding carboxylic acids is 1. The lowest BCUT2D eigenvalue weighted by Gasteiger charge is -2.05. The topological polar surface area (TPSA) is 55.1 Å². The predicted molar refractivity (Wildman–Crippen MR) is 67.5 cm³/mol. The fourth-order valence-electron chi connectivity index (χ4n) is 1.41. The van der Waals surface area contributed by atoms with E-state index < -0.39 is 0 Å². The average Bonchev–Trinajstić information content (AvgIpc) is 2.74. The van der Waals surface area contributed by atoms with Crippen LogP contribution in [-0.2, 0) is 11.2 Å². The molecule has 4 heteroatoms. The maximum atomic E-state index is 11.7. The van der Waals surface area contributed by atoms with Gasteiger partial charge < -0.3 is 11.1 Å². The lowest BCUT2D eigenvalue weighted by atomic mass is 10.1. The third-order valence-electron chi connectivity index (χ3n) is 2.21. The minimum atomic E-state index is -0.0451. The third kappa shape index (κ3) is 2.61. The van der Waals surface area contributed by atoms with Gasteiger partial charge >= 0.3 is 0 Å². The van der Waals surface area contributed by atoms with E-state index in [2.05, 4.69) is 5.32 Å². The van der Waals surface area contributed by atoms with Crippen molar-refractivity contribution in [3.05, 3.63) is 46.7 Å². The van der Waals surface area contributed by atoms with E-state index >= 15 is 0 Å². The lowest BCUT2D eigenvalue weighted by molar-refractivity contribution is -0.115. The summed E-state index contributed by atoms with van der Waals surface area (Å²) in [6.45, 7) is 0. The Morgan fingerprint density at radius 3 is 2.81 bits per heavy atom. The molecular weight excluding hydrogens is 220 g/mol. The van der Waals surface area contributed by atoms with Gasteiger partial charge in [0, 0.05) is 11.1 Å². The number of hydrogen-bond donors (Lipinski definition) is 2. The summed E-state index contributed by atoms with van der Waals surface area (Å²) in [5, 5.41) is 6.63. The van der Waals surface area contributed by atoms with Crippen LogP contribution in [0, 0.1) is 0 Å². The van der Waals surface area contributed by atoms with Gasteiger partial charge in [-0.2, -0.15) is 11.3 Å². The van der Waals surface area contributed by atoms with Gasteiger partial charge in [-0.15, -0.1) is 0 Å². The fourth-order valence-corrected chi connectivity index (χ4v) is 2.00. The van der Waals surface area contributed by atoms with Crippen LogP contribution in [0.25, 0.3) is 0 Å². The Labute approximate surface area is 97.9 Å². The molecule has 0 fully saturated rings. The van der Waals surface area contributed by atoms with Crippen LogP contribution >= 0.6 is 11.3 Å². The highest BCUT2D eigenvalue weighted by Gasteiger charge is 2.06. The Bertz CT molecular complexity index is 480. The number of hydrogen-bond acceptors (Lipinski definition) is 3. The zero-order chi connectivity index (χ0) is 11.4. The Morgan fingerprint density at radius 1 is 1.31 bits per heavy atom. The number of para-hydroxylation sites is 1. The van der Waals surface area contributed by atoms with Gasteiger partial charge in [-0.3, -0.25) is 4.79 Å². The maximum Gasteiger partial charge on any atom is 0.228 e. The molecule has 0 saturated carbocycles. The van der Waals surface area contributed by atoms with Gasteiger partial charge in [-0.1, -0.05) is 18.2 Å². The molecule has 0 bridgehead atoms. The molecule has 0 radical (unpaired) electrons. The summed E-state index contributed by atoms with van der Waals surface area (Å²) in [7, 11) is 0. The van der Waals surface area contributed by atoms with Crippen LogP contribution in [0.4, 0.5) is 11.4 Å². The summed E-state index contributed by atoms with van der Waals surface area (Å²) in [6, 6.07) is 9.27. The van der Waals surface area contributed by atoms with Crippen molar-refractivity contribution in [2.24, 2.45) is 0 Å². The van der Waals surface area contributed by atoms with E-state index in [0.29, 0.717) is 12.1 Å². The molecule has 0 spiro atoms. The quantitative estimate of drug-likeness (QED) is 0.799. The largest absolute Gasteiger partial charge is 0.398 e. The molecule has 2 rings (SSSR count). The zero-order valence-corrected chi connectivity index (χ0v) is 9.46. The van der Waals surface area contributed by atoms with E-state index in [9.17, 15) is 4.79 Å². The number of nitrogens with two attached hydrogens (primary N) is 1. The molecule has 0 unspecified atom stereocenters. The molecule has 1 aromatic heterocycles. The molecule has 0 saturated heterocycles. The smallest absolute Gasteiger partial charge is 0.228 e. The molecule has 0 atom stereocenters. The summed E-state index contributed by atoms with van der Waals surface area (Å²) in [5.74, 6) is -0.0451. The van der Waals surface area contributed by atoms with Crippen molar-refractivity contribution in [2.75, 3.05) is 11.1 Å². The molecule has 1 aromatic carbocycles. The number of thiophene rings is 1. The Morgan fingerprint density at radius 2 is 2.12 bits per heavy atom. The number of carbonyl (C=O) groups is 1. The molecule has 2 aromatic rings. The highest BCUT2D eigenvalue weighted by molar-refractivity contribution is 7.08. The number of amides is 1. The first-order valence-electron chi connectivity index (χ1n) is 4.91. The summed E-state index contributed by atoms with van der Waals surface area (Å²) in [4.78, 5) is 11.7. The second kappa shape index (κ2) is 4.81. The second-order valence-corrected chi connectivity index (χ2v) is 4.22. The number of anilines is 2. The van der Waals surface area contributed by atoms with Gasteiger partial charge in [-0.05, 0) is 23.1 Å². The van der Waals surface area contributed by atoms with Gasteiger partial charge in [0.1, 0.15) is 0 Å². The van der Waals surface area contributed by atoms with Crippen molar-refractivity contribution >= 4 is 28.6 Å². The third-order valence-corrected chi connectivity index (χ3v) is 2.89. The summed E-state index contributed by atoms with van der Waals surface area (Å²) < 4.78 is 0. The van der Waals surface area contributed by atoms with E-state index in [1.54, 1.807) is 17.4 Å². The zero-order valence-electron chi connectivity index (χ0n) is 8.64. The number of nitrogen functional groups attached to an aromatic ring is 1. The molecule has 3 N–H and O–H groups in total. The standard InChI is InChI=1S/C12H12N2OS/c13-11-4-2-1-3-9(11)7-12(15)14-10-5-6-16-8-10/h1-6,8H,7,13H2,(H,14,15). The molecule has 1 heterocycles. The van der Waals surface area contributed by atoms with Crippen molar-refractivity contribution in [1.82, 2.24) is 0 Å². The fraction of sp³-hybridized carbons (Fsp3) is 0.0833. The summed E-state index contributed by atoms with van der Waals surface area (Å²) >= 11 is 1.55. The molecule has 0 aliphatic rings. The van der Waals surface area contributed by atoms with Crippen LogP contribution in [-0.4, -0.2) is 5.91 Å². The second-order valence-electron chi connectivity index (χ2n) is 3.44. The van der Waals surface area contributed by atoms with Crippen molar-refractivity contribution in [3.8, 4) is 0 Å². The van der Waals surface area contributed by atoms with Gasteiger partial charge in [0.2, 0.25) is 5.91 Å². The minimum absolute atomic E-state index is 0.0451. The number of nitrogens with one attached hydrogen (secondary N) is 1. The van der Waals surface area contributed by atoms with E-state index in [0.717, 1.165) is 11.3 Å². The first-order valence-corrected chi connectivity index (χ1v) is 5.85. The van der Waals surface area contributed by atoms with Crippen molar-refractivity contribution in [1.29, 1.82) is 0 Å². The van der Waals surface area contributed by atoms with E-state index in [4.69, 9.17) is 5.73 Å². The van der Waals surface area contributed by atoms with E-state index in [-0.39, 0.29) is 5.91 Å². The molecule has 16 heavy (non-hydrogen) atoms. The van der Waals surface area contributed by atoms with Gasteiger partial charge in [0.25, 0.3) is 0 Å². The van der Waals surface area contributed by atoms with Crippen molar-refractivity contribution < 1.29 is 4.79 Å². The van der Waals surface area contributed by atoms with Crippen LogP contribution in [0.5, 0.6) is 0 Å². The Balaban J connectivity index is 2.00. The SMILES string of the molecule is Nc1ccccc1CC(=O)Nc1ccsc1. The lowest BCUT2D eigenvalue weighted by Crippen LogP contribution is -2.14. The van der Waals surface area contributed by atoms with Crippen LogP contribution < -0.4 is 11.1 Å². The van der Waals surface area contributed by atoms with Crippen LogP contribution in [0.3, 0.4) is 0 Å². The molecule has 0 aliphatic carbocycles. The highest BCUT2D eigenvalue weighted by Crippen LogP contribution is 2.14. The predicted octanol–water partition coefficient (Wildman–Crippen LogP) is 2.51. The summed E-state index contributed by atoms with van der Waals surface area (Å²) in [6.07, 6.45) is 0.308. The normalized spacial score (nSPS) is 10.0. The van der Waals surface area contributed by atoms with Crippen molar-refractivity contribution in [2.45, 2.75) is 6.42 Å². The average molecular weight is 232 g/mol. The molecular formula is C12H12N2OS.